The second-order valence-corrected chi connectivity index (χ2v) is 5.35. The molecule has 0 heterocycles. The zero-order valence-corrected chi connectivity index (χ0v) is 13.1. The van der Waals surface area contributed by atoms with Crippen molar-refractivity contribution >= 4 is 11.5 Å². The summed E-state index contributed by atoms with van der Waals surface area (Å²) in [6.45, 7) is 8.17. The Bertz CT molecular complexity index is 471. The number of benzene rings is 1. The molecule has 1 aromatic rings. The van der Waals surface area contributed by atoms with Crippen molar-refractivity contribution in [1.82, 2.24) is 4.90 Å². The minimum atomic E-state index is 0.152. The normalized spacial score (nSPS) is 13.6. The molecule has 1 unspecified atom stereocenters. The van der Waals surface area contributed by atoms with Gasteiger partial charge in [0.25, 0.3) is 0 Å². The fourth-order valence-electron chi connectivity index (χ4n) is 2.62. The Morgan fingerprint density at radius 2 is 2.05 bits per heavy atom. The number of nitrogens with zero attached hydrogens (tertiary/aromatic N) is 3. The highest BCUT2D eigenvalue weighted by atomic mass is 16.4. The van der Waals surface area contributed by atoms with Crippen LogP contribution in [0.4, 0.5) is 5.69 Å². The van der Waals surface area contributed by atoms with Gasteiger partial charge in [0.15, 0.2) is 5.84 Å². The molecule has 0 spiro atoms. The molecular weight excluding hydrogens is 252 g/mol. The van der Waals surface area contributed by atoms with Crippen LogP contribution in [0.3, 0.4) is 0 Å². The first-order chi connectivity index (χ1) is 9.42. The molecule has 1 rings (SSSR count). The monoisotopic (exact) mass is 278 g/mol. The van der Waals surface area contributed by atoms with Crippen molar-refractivity contribution in [1.29, 1.82) is 0 Å². The standard InChI is InChI=1S/C15H26N4O/c1-6-19(12(3)10-18(4)5)14-11(2)8-7-9-13(14)15(16)17-20/h7-9,12,20H,6,10H2,1-5H3,(H2,16,17). The van der Waals surface area contributed by atoms with Crippen molar-refractivity contribution in [2.45, 2.75) is 26.8 Å². The highest BCUT2D eigenvalue weighted by molar-refractivity contribution is 6.02. The lowest BCUT2D eigenvalue weighted by molar-refractivity contribution is 0.318. The Balaban J connectivity index is 3.27. The van der Waals surface area contributed by atoms with Gasteiger partial charge in [-0.3, -0.25) is 0 Å². The van der Waals surface area contributed by atoms with E-state index in [1.54, 1.807) is 0 Å². The maximum atomic E-state index is 8.98. The van der Waals surface area contributed by atoms with Crippen molar-refractivity contribution < 1.29 is 5.21 Å². The largest absolute Gasteiger partial charge is 0.409 e. The summed E-state index contributed by atoms with van der Waals surface area (Å²) >= 11 is 0. The zero-order valence-electron chi connectivity index (χ0n) is 13.1. The smallest absolute Gasteiger partial charge is 0.172 e. The summed E-state index contributed by atoms with van der Waals surface area (Å²) in [5, 5.41) is 12.1. The number of para-hydroxylation sites is 1. The fraction of sp³-hybridized carbons (Fsp3) is 0.533. The second-order valence-electron chi connectivity index (χ2n) is 5.35. The fourth-order valence-corrected chi connectivity index (χ4v) is 2.62. The molecule has 5 heteroatoms. The Labute approximate surface area is 121 Å². The molecule has 0 aromatic heterocycles. The van der Waals surface area contributed by atoms with Crippen LogP contribution in [0, 0.1) is 6.92 Å². The summed E-state index contributed by atoms with van der Waals surface area (Å²) in [4.78, 5) is 4.46. The molecule has 1 aromatic carbocycles. The molecule has 1 atom stereocenters. The predicted octanol–water partition coefficient (Wildman–Crippen LogP) is 1.87. The maximum absolute atomic E-state index is 8.98. The number of nitrogens with two attached hydrogens (primary N) is 1. The van der Waals surface area contributed by atoms with Gasteiger partial charge in [0.2, 0.25) is 0 Å². The van der Waals surface area contributed by atoms with Gasteiger partial charge in [-0.05, 0) is 46.5 Å². The van der Waals surface area contributed by atoms with Crippen molar-refractivity contribution in [3.05, 3.63) is 29.3 Å². The molecule has 0 amide bonds. The first kappa shape index (κ1) is 16.3. The quantitative estimate of drug-likeness (QED) is 0.361. The summed E-state index contributed by atoms with van der Waals surface area (Å²) in [5.41, 5.74) is 8.77. The van der Waals surface area contributed by atoms with Crippen LogP contribution in [0.25, 0.3) is 0 Å². The van der Waals surface area contributed by atoms with Gasteiger partial charge in [-0.1, -0.05) is 17.3 Å². The summed E-state index contributed by atoms with van der Waals surface area (Å²) in [7, 11) is 4.12. The Hall–Kier alpha value is -1.75. The molecule has 20 heavy (non-hydrogen) atoms. The lowest BCUT2D eigenvalue weighted by atomic mass is 10.0. The molecule has 0 fully saturated rings. The van der Waals surface area contributed by atoms with Gasteiger partial charge in [-0.15, -0.1) is 0 Å². The molecule has 0 aliphatic heterocycles. The number of oxime groups is 1. The van der Waals surface area contributed by atoms with Gasteiger partial charge < -0.3 is 20.7 Å². The molecule has 5 nitrogen and oxygen atoms in total. The van der Waals surface area contributed by atoms with E-state index in [1.807, 2.05) is 12.1 Å². The molecule has 3 N–H and O–H groups in total. The number of hydrogen-bond acceptors (Lipinski definition) is 4. The van der Waals surface area contributed by atoms with Crippen LogP contribution in [-0.2, 0) is 0 Å². The predicted molar refractivity (Wildman–Crippen MR) is 84.7 cm³/mol. The SMILES string of the molecule is CCN(c1c(C)cccc1/C(N)=N/O)C(C)CN(C)C. The molecular formula is C15H26N4O. The van der Waals surface area contributed by atoms with Crippen molar-refractivity contribution in [3.8, 4) is 0 Å². The van der Waals surface area contributed by atoms with E-state index in [9.17, 15) is 0 Å². The average Bonchev–Trinajstić information content (AvgIpc) is 2.39. The number of rotatable bonds is 6. The molecule has 112 valence electrons. The summed E-state index contributed by atoms with van der Waals surface area (Å²) in [6, 6.07) is 6.20. The van der Waals surface area contributed by atoms with E-state index in [4.69, 9.17) is 10.9 Å². The maximum Gasteiger partial charge on any atom is 0.172 e. The zero-order chi connectivity index (χ0) is 15.3. The molecule has 0 bridgehead atoms. The van der Waals surface area contributed by atoms with Gasteiger partial charge >= 0.3 is 0 Å². The lowest BCUT2D eigenvalue weighted by Crippen LogP contribution is -2.41. The molecule has 0 aliphatic rings. The Morgan fingerprint density at radius 1 is 1.40 bits per heavy atom. The summed E-state index contributed by atoms with van der Waals surface area (Å²) < 4.78 is 0. The highest BCUT2D eigenvalue weighted by Crippen LogP contribution is 2.27. The van der Waals surface area contributed by atoms with Crippen LogP contribution in [0.2, 0.25) is 0 Å². The van der Waals surface area contributed by atoms with Crippen LogP contribution in [0.1, 0.15) is 25.0 Å². The number of anilines is 1. The highest BCUT2D eigenvalue weighted by Gasteiger charge is 2.20. The number of aryl methyl sites for hydroxylation is 1. The van der Waals surface area contributed by atoms with E-state index < -0.39 is 0 Å². The molecule has 0 radical (unpaired) electrons. The van der Waals surface area contributed by atoms with E-state index in [0.29, 0.717) is 6.04 Å². The third-order valence-corrected chi connectivity index (χ3v) is 3.41. The van der Waals surface area contributed by atoms with Crippen LogP contribution in [0.5, 0.6) is 0 Å². The van der Waals surface area contributed by atoms with Gasteiger partial charge in [-0.2, -0.15) is 0 Å². The third-order valence-electron chi connectivity index (χ3n) is 3.41. The van der Waals surface area contributed by atoms with Gasteiger partial charge in [-0.25, -0.2) is 0 Å². The van der Waals surface area contributed by atoms with Crippen molar-refractivity contribution in [2.24, 2.45) is 10.9 Å². The van der Waals surface area contributed by atoms with Crippen LogP contribution in [-0.4, -0.2) is 49.2 Å². The third kappa shape index (κ3) is 3.63. The first-order valence-electron chi connectivity index (χ1n) is 6.91. The summed E-state index contributed by atoms with van der Waals surface area (Å²) in [6.07, 6.45) is 0. The lowest BCUT2D eigenvalue weighted by Gasteiger charge is -2.34. The number of likely N-dealkylation sites (N-methyl/N-ethyl adjacent to an activating group) is 2. The van der Waals surface area contributed by atoms with Gasteiger partial charge in [0.1, 0.15) is 0 Å². The number of amidine groups is 1. The van der Waals surface area contributed by atoms with Crippen LogP contribution < -0.4 is 10.6 Å². The van der Waals surface area contributed by atoms with Gasteiger partial charge in [0, 0.05) is 24.7 Å². The Morgan fingerprint density at radius 3 is 2.55 bits per heavy atom. The van der Waals surface area contributed by atoms with Crippen molar-refractivity contribution in [2.75, 3.05) is 32.1 Å². The van der Waals surface area contributed by atoms with E-state index in [2.05, 4.69) is 55.9 Å². The minimum Gasteiger partial charge on any atom is -0.409 e. The molecule has 0 saturated heterocycles. The minimum absolute atomic E-state index is 0.152. The first-order valence-corrected chi connectivity index (χ1v) is 6.91. The van der Waals surface area contributed by atoms with Crippen molar-refractivity contribution in [3.63, 3.8) is 0 Å². The molecule has 0 aliphatic carbocycles. The second kappa shape index (κ2) is 7.14. The van der Waals surface area contributed by atoms with Gasteiger partial charge in [0.05, 0.1) is 5.69 Å². The topological polar surface area (TPSA) is 65.1 Å². The van der Waals surface area contributed by atoms with E-state index in [1.165, 1.54) is 0 Å². The average molecular weight is 278 g/mol. The Kier molecular flexibility index (Phi) is 5.82. The van der Waals surface area contributed by atoms with E-state index in [0.717, 1.165) is 29.9 Å². The van der Waals surface area contributed by atoms with E-state index in [-0.39, 0.29) is 5.84 Å². The van der Waals surface area contributed by atoms with Crippen LogP contribution >= 0.6 is 0 Å². The summed E-state index contributed by atoms with van der Waals surface area (Å²) in [5.74, 6) is 0.152. The van der Waals surface area contributed by atoms with E-state index >= 15 is 0 Å². The molecule has 0 saturated carbocycles. The number of hydrogen-bond donors (Lipinski definition) is 2. The van der Waals surface area contributed by atoms with Crippen LogP contribution in [0.15, 0.2) is 23.4 Å².